The van der Waals surface area contributed by atoms with Gasteiger partial charge in [-0.2, -0.15) is 0 Å². The number of carbonyl (C=O) groups excluding carboxylic acids is 1. The highest BCUT2D eigenvalue weighted by molar-refractivity contribution is 7.48. The van der Waals surface area contributed by atoms with Crippen LogP contribution in [0.15, 0.2) is 0 Å². The Morgan fingerprint density at radius 3 is 1.50 bits per heavy atom. The quantitative estimate of drug-likeness (QED) is 0.239. The van der Waals surface area contributed by atoms with Crippen molar-refractivity contribution in [3.63, 3.8) is 0 Å². The van der Waals surface area contributed by atoms with E-state index >= 15 is 0 Å². The monoisotopic (exact) mass is 486 g/mol. The molecule has 0 bridgehead atoms. The predicted octanol–water partition coefficient (Wildman–Crippen LogP) is 2.27. The number of carbonyl (C=O) groups is 1. The summed E-state index contributed by atoms with van der Waals surface area (Å²) in [6, 6.07) is 0. The van der Waals surface area contributed by atoms with Gasteiger partial charge in [-0.15, -0.1) is 0 Å². The summed E-state index contributed by atoms with van der Waals surface area (Å²) in [7, 11) is -4.12. The number of rotatable bonds is 12. The summed E-state index contributed by atoms with van der Waals surface area (Å²) >= 11 is 0. The minimum absolute atomic E-state index is 0.0171. The molecular formula is C21H43O10P. The van der Waals surface area contributed by atoms with Crippen molar-refractivity contribution in [1.82, 2.24) is 0 Å². The Morgan fingerprint density at radius 2 is 1.12 bits per heavy atom. The maximum atomic E-state index is 13.0. The van der Waals surface area contributed by atoms with Crippen LogP contribution in [0.4, 0.5) is 0 Å². The molecule has 0 saturated heterocycles. The highest BCUT2D eigenvalue weighted by atomic mass is 31.2. The van der Waals surface area contributed by atoms with Gasteiger partial charge in [0.1, 0.15) is 18.3 Å². The summed E-state index contributed by atoms with van der Waals surface area (Å²) in [5, 5.41) is 40.3. The van der Waals surface area contributed by atoms with Gasteiger partial charge in [0.2, 0.25) is 0 Å². The standard InChI is InChI=1S/C21H43O10P/c1-19(2,3)11-28-18(26)17(25)16(24)15(23)14(22)10-29-32(27,30-12-20(4,5)6)31-13-21(7,8)9/h14-17,22-25H,10-13H2,1-9H3/t14-,15-,16+,17-/m1/s1. The zero-order valence-electron chi connectivity index (χ0n) is 20.8. The molecule has 0 fully saturated rings. The van der Waals surface area contributed by atoms with Crippen LogP contribution in [0.5, 0.6) is 0 Å². The number of hydrogen-bond donors (Lipinski definition) is 4. The summed E-state index contributed by atoms with van der Waals surface area (Å²) in [6.07, 6.45) is -7.96. The average Bonchev–Trinajstić information content (AvgIpc) is 2.63. The first-order chi connectivity index (χ1) is 14.2. The van der Waals surface area contributed by atoms with Crippen LogP contribution in [0.25, 0.3) is 0 Å². The fourth-order valence-electron chi connectivity index (χ4n) is 1.85. The molecule has 0 aliphatic rings. The van der Waals surface area contributed by atoms with E-state index in [0.717, 1.165) is 0 Å². The lowest BCUT2D eigenvalue weighted by Gasteiger charge is -2.29. The van der Waals surface area contributed by atoms with Crippen molar-refractivity contribution >= 4 is 13.8 Å². The SMILES string of the molecule is CC(C)(C)COC(=O)[C@H](O)[C@@H](O)[C@H](O)[C@H](O)COP(=O)(OCC(C)(C)C)OCC(C)(C)C. The first-order valence-electron chi connectivity index (χ1n) is 10.6. The molecule has 0 aromatic carbocycles. The minimum atomic E-state index is -4.12. The van der Waals surface area contributed by atoms with Crippen molar-refractivity contribution in [3.8, 4) is 0 Å². The molecule has 192 valence electrons. The van der Waals surface area contributed by atoms with Gasteiger partial charge >= 0.3 is 13.8 Å². The molecule has 0 amide bonds. The predicted molar refractivity (Wildman–Crippen MR) is 119 cm³/mol. The molecule has 0 unspecified atom stereocenters. The smallest absolute Gasteiger partial charge is 0.463 e. The fraction of sp³-hybridized carbons (Fsp3) is 0.952. The molecule has 4 atom stereocenters. The third-order valence-electron chi connectivity index (χ3n) is 3.67. The Labute approximate surface area is 191 Å². The first kappa shape index (κ1) is 31.4. The number of hydrogen-bond acceptors (Lipinski definition) is 10. The summed E-state index contributed by atoms with van der Waals surface area (Å²) in [4.78, 5) is 11.9. The molecule has 0 spiro atoms. The second-order valence-corrected chi connectivity index (χ2v) is 13.2. The molecule has 0 radical (unpaired) electrons. The molecule has 0 aromatic rings. The van der Waals surface area contributed by atoms with Gasteiger partial charge in [0.15, 0.2) is 6.10 Å². The van der Waals surface area contributed by atoms with E-state index in [4.69, 9.17) is 18.3 Å². The number of ether oxygens (including phenoxy) is 1. The molecule has 10 nitrogen and oxygen atoms in total. The average molecular weight is 487 g/mol. The largest absolute Gasteiger partial charge is 0.474 e. The Morgan fingerprint density at radius 1 is 0.719 bits per heavy atom. The van der Waals surface area contributed by atoms with Crippen LogP contribution in [0.2, 0.25) is 0 Å². The zero-order valence-corrected chi connectivity index (χ0v) is 21.7. The van der Waals surface area contributed by atoms with Gasteiger partial charge in [0.05, 0.1) is 26.4 Å². The van der Waals surface area contributed by atoms with E-state index in [1.165, 1.54) is 0 Å². The van der Waals surface area contributed by atoms with Crippen molar-refractivity contribution in [2.45, 2.75) is 86.7 Å². The second-order valence-electron chi connectivity index (χ2n) is 11.6. The number of aliphatic hydroxyl groups excluding tert-OH is 4. The van der Waals surface area contributed by atoms with E-state index in [1.54, 1.807) is 20.8 Å². The summed E-state index contributed by atoms with van der Waals surface area (Å²) in [5.74, 6) is -1.15. The van der Waals surface area contributed by atoms with Crippen LogP contribution in [0.3, 0.4) is 0 Å². The molecule has 0 rings (SSSR count). The van der Waals surface area contributed by atoms with Crippen molar-refractivity contribution < 1.29 is 48.1 Å². The minimum Gasteiger partial charge on any atom is -0.463 e. The lowest BCUT2D eigenvalue weighted by molar-refractivity contribution is -0.172. The Hall–Kier alpha value is -0.580. The van der Waals surface area contributed by atoms with Crippen molar-refractivity contribution in [1.29, 1.82) is 0 Å². The van der Waals surface area contributed by atoms with Gasteiger partial charge in [-0.3, -0.25) is 13.6 Å². The van der Waals surface area contributed by atoms with Crippen molar-refractivity contribution in [3.05, 3.63) is 0 Å². The van der Waals surface area contributed by atoms with Crippen LogP contribution in [0, 0.1) is 16.2 Å². The van der Waals surface area contributed by atoms with Gasteiger partial charge in [-0.25, -0.2) is 9.36 Å². The van der Waals surface area contributed by atoms with Crippen molar-refractivity contribution in [2.24, 2.45) is 16.2 Å². The van der Waals surface area contributed by atoms with Crippen LogP contribution in [-0.2, 0) is 27.7 Å². The number of phosphoric ester groups is 1. The lowest BCUT2D eigenvalue weighted by atomic mass is 9.98. The number of esters is 1. The topological polar surface area (TPSA) is 152 Å². The third-order valence-corrected chi connectivity index (χ3v) is 5.03. The van der Waals surface area contributed by atoms with E-state index in [-0.39, 0.29) is 36.1 Å². The third kappa shape index (κ3) is 13.9. The molecule has 4 N–H and O–H groups in total. The molecule has 32 heavy (non-hydrogen) atoms. The Bertz CT molecular complexity index is 596. The molecule has 0 saturated carbocycles. The van der Waals surface area contributed by atoms with E-state index in [2.05, 4.69) is 0 Å². The maximum Gasteiger partial charge on any atom is 0.474 e. The van der Waals surface area contributed by atoms with Crippen molar-refractivity contribution in [2.75, 3.05) is 26.4 Å². The van der Waals surface area contributed by atoms with Crippen LogP contribution >= 0.6 is 7.82 Å². The Balaban J connectivity index is 5.04. The summed E-state index contributed by atoms with van der Waals surface area (Å²) in [5.41, 5.74) is -1.07. The molecule has 0 aliphatic heterocycles. The van der Waals surface area contributed by atoms with E-state index in [9.17, 15) is 29.8 Å². The lowest BCUT2D eigenvalue weighted by Crippen LogP contribution is -2.49. The normalized spacial score (nSPS) is 17.5. The van der Waals surface area contributed by atoms with E-state index in [0.29, 0.717) is 0 Å². The fourth-order valence-corrected chi connectivity index (χ4v) is 3.50. The Kier molecular flexibility index (Phi) is 12.0. The van der Waals surface area contributed by atoms with Gasteiger partial charge in [0, 0.05) is 0 Å². The van der Waals surface area contributed by atoms with Gasteiger partial charge < -0.3 is 25.2 Å². The molecule has 11 heteroatoms. The summed E-state index contributed by atoms with van der Waals surface area (Å²) in [6.45, 7) is 15.9. The highest BCUT2D eigenvalue weighted by Gasteiger charge is 2.38. The zero-order chi connectivity index (χ0) is 25.5. The first-order valence-corrected chi connectivity index (χ1v) is 12.0. The number of phosphoric acid groups is 1. The molecule has 0 aromatic heterocycles. The van der Waals surface area contributed by atoms with Gasteiger partial charge in [0.25, 0.3) is 0 Å². The van der Waals surface area contributed by atoms with Crippen LogP contribution in [0.1, 0.15) is 62.3 Å². The van der Waals surface area contributed by atoms with Crippen LogP contribution in [-0.4, -0.2) is 77.2 Å². The van der Waals surface area contributed by atoms with E-state index in [1.807, 2.05) is 41.5 Å². The van der Waals surface area contributed by atoms with Crippen LogP contribution < -0.4 is 0 Å². The molecular weight excluding hydrogens is 443 g/mol. The maximum absolute atomic E-state index is 13.0. The van der Waals surface area contributed by atoms with Gasteiger partial charge in [-0.1, -0.05) is 62.3 Å². The van der Waals surface area contributed by atoms with E-state index < -0.39 is 44.8 Å². The summed E-state index contributed by atoms with van der Waals surface area (Å²) < 4.78 is 33.8. The van der Waals surface area contributed by atoms with Gasteiger partial charge in [-0.05, 0) is 16.2 Å². The highest BCUT2D eigenvalue weighted by Crippen LogP contribution is 2.51. The molecule has 0 aliphatic carbocycles. The molecule has 0 heterocycles. The second kappa shape index (κ2) is 12.2. The number of aliphatic hydroxyl groups is 4.